The molecule has 55 heavy (non-hydrogen) atoms. The summed E-state index contributed by atoms with van der Waals surface area (Å²) in [5, 5.41) is 0. The van der Waals surface area contributed by atoms with Crippen LogP contribution in [0.25, 0.3) is 0 Å². The van der Waals surface area contributed by atoms with E-state index in [1.54, 1.807) is 0 Å². The summed E-state index contributed by atoms with van der Waals surface area (Å²) in [7, 11) is 0. The standard InChI is InChI=1S/C48H68O7/c1-4-6-8-10-12-14-25-33-43(34-26-15-13-11-9-7-5-2)54-48-47(53-39(3)49)46(52-37-42-31-23-18-24-32-42)45(51-36-41-29-21-17-22-30-41)44(55-48)38-50-35-40-27-19-16-20-28-40/h4,16-24,27-32,43-48H,1,5-15,25-26,33-38H2,2-3H3/t43-,44+,45+,46-,47+,48+/m0/s1. The Kier molecular flexibility index (Phi) is 22.0. The van der Waals surface area contributed by atoms with Gasteiger partial charge in [0.1, 0.15) is 18.3 Å². The Balaban J connectivity index is 1.58. The number of hydrogen-bond acceptors (Lipinski definition) is 7. The minimum atomic E-state index is -0.853. The molecule has 1 aliphatic rings. The van der Waals surface area contributed by atoms with Gasteiger partial charge in [0, 0.05) is 6.92 Å². The fraction of sp³-hybridized carbons (Fsp3) is 0.562. The average molecular weight is 757 g/mol. The third kappa shape index (κ3) is 17.6. The average Bonchev–Trinajstić information content (AvgIpc) is 3.20. The molecule has 7 heteroatoms. The number of ether oxygens (including phenoxy) is 6. The minimum Gasteiger partial charge on any atom is -0.454 e. The van der Waals surface area contributed by atoms with E-state index in [0.29, 0.717) is 19.8 Å². The van der Waals surface area contributed by atoms with E-state index >= 15 is 0 Å². The van der Waals surface area contributed by atoms with Crippen molar-refractivity contribution in [3.05, 3.63) is 120 Å². The Labute approximate surface area is 332 Å². The molecule has 0 aliphatic carbocycles. The third-order valence-corrected chi connectivity index (χ3v) is 10.2. The molecule has 1 aliphatic heterocycles. The number of carbonyl (C=O) groups is 1. The normalized spacial score (nSPS) is 20.2. The summed E-state index contributed by atoms with van der Waals surface area (Å²) in [5.41, 5.74) is 3.10. The predicted molar refractivity (Wildman–Crippen MR) is 220 cm³/mol. The Morgan fingerprint density at radius 2 is 1.15 bits per heavy atom. The first-order chi connectivity index (χ1) is 27.1. The summed E-state index contributed by atoms with van der Waals surface area (Å²) in [6.45, 7) is 8.88. The monoisotopic (exact) mass is 756 g/mol. The van der Waals surface area contributed by atoms with E-state index < -0.39 is 36.7 Å². The molecule has 1 heterocycles. The number of esters is 1. The van der Waals surface area contributed by atoms with Gasteiger partial charge in [0.25, 0.3) is 0 Å². The first-order valence-electron chi connectivity index (χ1n) is 21.1. The van der Waals surface area contributed by atoms with Crippen molar-refractivity contribution in [1.82, 2.24) is 0 Å². The summed E-state index contributed by atoms with van der Waals surface area (Å²) in [6.07, 6.45) is 15.8. The molecule has 0 bridgehead atoms. The van der Waals surface area contributed by atoms with E-state index in [1.807, 2.05) is 97.1 Å². The summed E-state index contributed by atoms with van der Waals surface area (Å²) < 4.78 is 39.8. The quantitative estimate of drug-likeness (QED) is 0.0397. The lowest BCUT2D eigenvalue weighted by Crippen LogP contribution is -2.62. The lowest BCUT2D eigenvalue weighted by molar-refractivity contribution is -0.329. The van der Waals surface area contributed by atoms with Crippen LogP contribution in [-0.2, 0) is 53.0 Å². The number of benzene rings is 3. The molecule has 0 spiro atoms. The lowest BCUT2D eigenvalue weighted by atomic mass is 9.97. The Bertz CT molecular complexity index is 1400. The van der Waals surface area contributed by atoms with Crippen LogP contribution in [-0.4, -0.2) is 49.4 Å². The highest BCUT2D eigenvalue weighted by atomic mass is 16.7. The third-order valence-electron chi connectivity index (χ3n) is 10.2. The van der Waals surface area contributed by atoms with E-state index in [0.717, 1.165) is 55.2 Å². The van der Waals surface area contributed by atoms with Crippen molar-refractivity contribution in [1.29, 1.82) is 0 Å². The van der Waals surface area contributed by atoms with Gasteiger partial charge in [-0.05, 0) is 42.4 Å². The largest absolute Gasteiger partial charge is 0.454 e. The highest BCUT2D eigenvalue weighted by molar-refractivity contribution is 5.66. The van der Waals surface area contributed by atoms with Gasteiger partial charge in [0.2, 0.25) is 0 Å². The number of unbranched alkanes of at least 4 members (excludes halogenated alkanes) is 11. The van der Waals surface area contributed by atoms with Gasteiger partial charge >= 0.3 is 5.97 Å². The molecule has 0 saturated carbocycles. The topological polar surface area (TPSA) is 72.5 Å². The smallest absolute Gasteiger partial charge is 0.303 e. The van der Waals surface area contributed by atoms with E-state index in [2.05, 4.69) is 13.5 Å². The highest BCUT2D eigenvalue weighted by Crippen LogP contribution is 2.33. The molecular weight excluding hydrogens is 689 g/mol. The first kappa shape index (κ1) is 44.4. The molecule has 0 radical (unpaired) electrons. The zero-order valence-corrected chi connectivity index (χ0v) is 33.7. The van der Waals surface area contributed by atoms with Crippen LogP contribution in [0.5, 0.6) is 0 Å². The van der Waals surface area contributed by atoms with Crippen LogP contribution in [0.15, 0.2) is 104 Å². The molecule has 3 aromatic carbocycles. The molecule has 0 N–H and O–H groups in total. The van der Waals surface area contributed by atoms with Crippen molar-refractivity contribution >= 4 is 5.97 Å². The van der Waals surface area contributed by atoms with Gasteiger partial charge in [-0.2, -0.15) is 0 Å². The fourth-order valence-electron chi connectivity index (χ4n) is 7.22. The summed E-state index contributed by atoms with van der Waals surface area (Å²) in [5.74, 6) is -0.417. The molecule has 7 nitrogen and oxygen atoms in total. The maximum Gasteiger partial charge on any atom is 0.303 e. The number of allylic oxidation sites excluding steroid dienone is 1. The van der Waals surface area contributed by atoms with Crippen LogP contribution in [0.4, 0.5) is 0 Å². The minimum absolute atomic E-state index is 0.0469. The van der Waals surface area contributed by atoms with Crippen LogP contribution in [0, 0.1) is 0 Å². The van der Waals surface area contributed by atoms with E-state index in [1.165, 1.54) is 64.7 Å². The number of rotatable bonds is 29. The van der Waals surface area contributed by atoms with Crippen LogP contribution in [0.1, 0.15) is 127 Å². The summed E-state index contributed by atoms with van der Waals surface area (Å²) >= 11 is 0. The highest BCUT2D eigenvalue weighted by Gasteiger charge is 2.50. The molecule has 1 fully saturated rings. The van der Waals surface area contributed by atoms with Crippen molar-refractivity contribution in [3.63, 3.8) is 0 Å². The van der Waals surface area contributed by atoms with Gasteiger partial charge in [-0.1, -0.05) is 175 Å². The zero-order valence-electron chi connectivity index (χ0n) is 33.7. The molecular formula is C48H68O7. The van der Waals surface area contributed by atoms with Crippen LogP contribution >= 0.6 is 0 Å². The summed E-state index contributed by atoms with van der Waals surface area (Å²) in [4.78, 5) is 12.8. The van der Waals surface area contributed by atoms with Crippen molar-refractivity contribution < 1.29 is 33.2 Å². The summed E-state index contributed by atoms with van der Waals surface area (Å²) in [6, 6.07) is 30.2. The second kappa shape index (κ2) is 27.3. The van der Waals surface area contributed by atoms with Gasteiger partial charge in [-0.3, -0.25) is 4.79 Å². The molecule has 3 aromatic rings. The van der Waals surface area contributed by atoms with Crippen molar-refractivity contribution in [2.75, 3.05) is 6.61 Å². The second-order valence-electron chi connectivity index (χ2n) is 14.9. The molecule has 4 rings (SSSR count). The van der Waals surface area contributed by atoms with Crippen LogP contribution < -0.4 is 0 Å². The Hall–Kier alpha value is -3.33. The van der Waals surface area contributed by atoms with Crippen molar-refractivity contribution in [3.8, 4) is 0 Å². The molecule has 0 aromatic heterocycles. The second-order valence-corrected chi connectivity index (χ2v) is 14.9. The fourth-order valence-corrected chi connectivity index (χ4v) is 7.22. The van der Waals surface area contributed by atoms with Gasteiger partial charge < -0.3 is 28.4 Å². The van der Waals surface area contributed by atoms with E-state index in [-0.39, 0.29) is 12.7 Å². The van der Waals surface area contributed by atoms with Crippen molar-refractivity contribution in [2.24, 2.45) is 0 Å². The van der Waals surface area contributed by atoms with Crippen LogP contribution in [0.2, 0.25) is 0 Å². The lowest BCUT2D eigenvalue weighted by Gasteiger charge is -2.46. The molecule has 302 valence electrons. The number of hydrogen-bond donors (Lipinski definition) is 0. The predicted octanol–water partition coefficient (Wildman–Crippen LogP) is 11.5. The van der Waals surface area contributed by atoms with Crippen molar-refractivity contribution in [2.45, 2.75) is 167 Å². The van der Waals surface area contributed by atoms with Gasteiger partial charge in [-0.15, -0.1) is 6.58 Å². The Morgan fingerprint density at radius 3 is 1.67 bits per heavy atom. The van der Waals surface area contributed by atoms with E-state index in [4.69, 9.17) is 28.4 Å². The number of carbonyl (C=O) groups excluding carboxylic acids is 1. The van der Waals surface area contributed by atoms with E-state index in [9.17, 15) is 4.79 Å². The zero-order chi connectivity index (χ0) is 38.8. The maximum absolute atomic E-state index is 12.8. The van der Waals surface area contributed by atoms with Gasteiger partial charge in [0.15, 0.2) is 12.4 Å². The molecule has 0 unspecified atom stereocenters. The van der Waals surface area contributed by atoms with Gasteiger partial charge in [-0.25, -0.2) is 0 Å². The maximum atomic E-state index is 12.8. The molecule has 6 atom stereocenters. The Morgan fingerprint density at radius 1 is 0.655 bits per heavy atom. The first-order valence-corrected chi connectivity index (χ1v) is 21.1. The molecule has 0 amide bonds. The SMILES string of the molecule is C=CCCCCCCC[C@@H](CCCCCCCCC)O[C@@H]1O[C@H](COCc2ccccc2)[C@@H](OCc2ccccc2)[C@H](OCc2ccccc2)[C@H]1OC(C)=O. The molecule has 1 saturated heterocycles. The van der Waals surface area contributed by atoms with Gasteiger partial charge in [0.05, 0.1) is 32.5 Å². The van der Waals surface area contributed by atoms with Crippen LogP contribution in [0.3, 0.4) is 0 Å².